The summed E-state index contributed by atoms with van der Waals surface area (Å²) in [6.07, 6.45) is 5.14. The van der Waals surface area contributed by atoms with Gasteiger partial charge in [0.25, 0.3) is 0 Å². The summed E-state index contributed by atoms with van der Waals surface area (Å²) in [5.74, 6) is 0. The standard InChI is InChI=1S/C8H15N5S/c1-2-5-9-7(3-1)4-6-10-8-11-12-13-14-8/h7,9H,1-6H2,(H,10,11,13). The highest BCUT2D eigenvalue weighted by Gasteiger charge is 2.11. The minimum atomic E-state index is 0.678. The first-order valence-corrected chi connectivity index (χ1v) is 5.85. The van der Waals surface area contributed by atoms with Gasteiger partial charge in [0, 0.05) is 24.1 Å². The van der Waals surface area contributed by atoms with Gasteiger partial charge in [0.1, 0.15) is 0 Å². The largest absolute Gasteiger partial charge is 0.359 e. The van der Waals surface area contributed by atoms with Crippen molar-refractivity contribution < 1.29 is 0 Å². The molecule has 1 aromatic rings. The third kappa shape index (κ3) is 2.88. The van der Waals surface area contributed by atoms with Crippen LogP contribution in [0.3, 0.4) is 0 Å². The predicted octanol–water partition coefficient (Wildman–Crippen LogP) is 0.877. The maximum atomic E-state index is 3.82. The summed E-state index contributed by atoms with van der Waals surface area (Å²) in [7, 11) is 0. The molecule has 1 aromatic heterocycles. The summed E-state index contributed by atoms with van der Waals surface area (Å²) in [5, 5.41) is 14.9. The van der Waals surface area contributed by atoms with Crippen molar-refractivity contribution in [3.05, 3.63) is 0 Å². The van der Waals surface area contributed by atoms with Crippen LogP contribution in [0.4, 0.5) is 5.13 Å². The molecule has 1 saturated heterocycles. The first-order chi connectivity index (χ1) is 6.95. The molecule has 6 heteroatoms. The van der Waals surface area contributed by atoms with E-state index in [0.29, 0.717) is 6.04 Å². The second-order valence-electron chi connectivity index (χ2n) is 3.53. The number of anilines is 1. The van der Waals surface area contributed by atoms with E-state index in [9.17, 15) is 0 Å². The Morgan fingerprint density at radius 3 is 3.21 bits per heavy atom. The number of hydrogen-bond donors (Lipinski definition) is 2. The molecule has 2 rings (SSSR count). The first-order valence-electron chi connectivity index (χ1n) is 5.07. The highest BCUT2D eigenvalue weighted by molar-refractivity contribution is 7.09. The maximum Gasteiger partial charge on any atom is 0.225 e. The smallest absolute Gasteiger partial charge is 0.225 e. The molecule has 0 amide bonds. The average molecular weight is 213 g/mol. The molecule has 0 aliphatic carbocycles. The highest BCUT2D eigenvalue weighted by Crippen LogP contribution is 2.11. The first kappa shape index (κ1) is 9.79. The van der Waals surface area contributed by atoms with Crippen molar-refractivity contribution >= 4 is 16.7 Å². The van der Waals surface area contributed by atoms with Gasteiger partial charge in [0.2, 0.25) is 5.13 Å². The van der Waals surface area contributed by atoms with Crippen LogP contribution < -0.4 is 10.6 Å². The van der Waals surface area contributed by atoms with E-state index in [4.69, 9.17) is 0 Å². The molecule has 0 aromatic carbocycles. The van der Waals surface area contributed by atoms with Crippen LogP contribution in [0, 0.1) is 0 Å². The van der Waals surface area contributed by atoms with Gasteiger partial charge >= 0.3 is 0 Å². The molecule has 0 radical (unpaired) electrons. The highest BCUT2D eigenvalue weighted by atomic mass is 32.1. The van der Waals surface area contributed by atoms with Crippen LogP contribution in [-0.4, -0.2) is 33.9 Å². The summed E-state index contributed by atoms with van der Waals surface area (Å²) in [5.41, 5.74) is 0. The molecule has 5 nitrogen and oxygen atoms in total. The van der Waals surface area contributed by atoms with Gasteiger partial charge in [-0.2, -0.15) is 0 Å². The molecule has 0 spiro atoms. The molecule has 1 unspecified atom stereocenters. The summed E-state index contributed by atoms with van der Waals surface area (Å²) >= 11 is 1.31. The van der Waals surface area contributed by atoms with E-state index in [1.165, 1.54) is 37.3 Å². The quantitative estimate of drug-likeness (QED) is 0.777. The Hall–Kier alpha value is -0.750. The van der Waals surface area contributed by atoms with Crippen molar-refractivity contribution in [2.24, 2.45) is 0 Å². The zero-order chi connectivity index (χ0) is 9.64. The van der Waals surface area contributed by atoms with Gasteiger partial charge in [-0.15, -0.1) is 0 Å². The van der Waals surface area contributed by atoms with Gasteiger partial charge < -0.3 is 10.6 Å². The van der Waals surface area contributed by atoms with Crippen molar-refractivity contribution in [2.75, 3.05) is 18.4 Å². The van der Waals surface area contributed by atoms with Crippen molar-refractivity contribution in [3.8, 4) is 0 Å². The molecule has 1 atom stereocenters. The number of aromatic nitrogens is 3. The number of piperidine rings is 1. The lowest BCUT2D eigenvalue weighted by atomic mass is 10.0. The van der Waals surface area contributed by atoms with Gasteiger partial charge in [-0.25, -0.2) is 0 Å². The van der Waals surface area contributed by atoms with Gasteiger partial charge in [0.05, 0.1) is 0 Å². The van der Waals surface area contributed by atoms with Crippen LogP contribution in [0.5, 0.6) is 0 Å². The Bertz CT molecular complexity index is 244. The maximum absolute atomic E-state index is 3.82. The summed E-state index contributed by atoms with van der Waals surface area (Å²) in [4.78, 5) is 0. The topological polar surface area (TPSA) is 62.7 Å². The lowest BCUT2D eigenvalue weighted by Crippen LogP contribution is -2.35. The number of hydrogen-bond acceptors (Lipinski definition) is 6. The van der Waals surface area contributed by atoms with Crippen LogP contribution >= 0.6 is 11.5 Å². The van der Waals surface area contributed by atoms with Crippen LogP contribution in [0.15, 0.2) is 0 Å². The van der Waals surface area contributed by atoms with Crippen molar-refractivity contribution in [2.45, 2.75) is 31.7 Å². The third-order valence-electron chi connectivity index (χ3n) is 2.48. The van der Waals surface area contributed by atoms with E-state index in [1.807, 2.05) is 0 Å². The van der Waals surface area contributed by atoms with Crippen LogP contribution in [0.2, 0.25) is 0 Å². The fraction of sp³-hybridized carbons (Fsp3) is 0.875. The normalized spacial score (nSPS) is 22.1. The minimum Gasteiger partial charge on any atom is -0.359 e. The lowest BCUT2D eigenvalue weighted by molar-refractivity contribution is 0.389. The molecule has 78 valence electrons. The molecular weight excluding hydrogens is 198 g/mol. The van der Waals surface area contributed by atoms with Gasteiger partial charge in [0.15, 0.2) is 0 Å². The third-order valence-corrected chi connectivity index (χ3v) is 3.03. The molecule has 0 saturated carbocycles. The average Bonchev–Trinajstić information content (AvgIpc) is 2.72. The molecular formula is C8H15N5S. The second kappa shape index (κ2) is 5.21. The number of rotatable bonds is 4. The molecule has 1 aliphatic heterocycles. The molecule has 2 heterocycles. The second-order valence-corrected chi connectivity index (χ2v) is 4.26. The fourth-order valence-electron chi connectivity index (χ4n) is 1.73. The zero-order valence-corrected chi connectivity index (χ0v) is 8.89. The summed E-state index contributed by atoms with van der Waals surface area (Å²) in [6.45, 7) is 2.12. The van der Waals surface area contributed by atoms with E-state index in [1.54, 1.807) is 0 Å². The summed E-state index contributed by atoms with van der Waals surface area (Å²) < 4.78 is 3.69. The van der Waals surface area contributed by atoms with Crippen LogP contribution in [0.25, 0.3) is 0 Å². The lowest BCUT2D eigenvalue weighted by Gasteiger charge is -2.23. The van der Waals surface area contributed by atoms with Crippen molar-refractivity contribution in [1.29, 1.82) is 0 Å². The van der Waals surface area contributed by atoms with Gasteiger partial charge in [-0.3, -0.25) is 0 Å². The molecule has 1 fully saturated rings. The SMILES string of the molecule is C1CCC(CCNc2nnns2)NC1. The Morgan fingerprint density at radius 2 is 2.50 bits per heavy atom. The number of nitrogens with one attached hydrogen (secondary N) is 2. The van der Waals surface area contributed by atoms with E-state index in [2.05, 4.69) is 25.4 Å². The Balaban J connectivity index is 1.62. The van der Waals surface area contributed by atoms with Gasteiger partial charge in [-0.05, 0) is 31.0 Å². The van der Waals surface area contributed by atoms with Crippen molar-refractivity contribution in [3.63, 3.8) is 0 Å². The van der Waals surface area contributed by atoms with Gasteiger partial charge in [-0.1, -0.05) is 16.0 Å². The van der Waals surface area contributed by atoms with E-state index >= 15 is 0 Å². The molecule has 2 N–H and O–H groups in total. The number of nitrogens with zero attached hydrogens (tertiary/aromatic N) is 3. The monoisotopic (exact) mass is 213 g/mol. The van der Waals surface area contributed by atoms with Crippen LogP contribution in [-0.2, 0) is 0 Å². The summed E-state index contributed by atoms with van der Waals surface area (Å²) in [6, 6.07) is 0.678. The molecule has 0 bridgehead atoms. The van der Waals surface area contributed by atoms with Crippen LogP contribution in [0.1, 0.15) is 25.7 Å². The Labute approximate surface area is 87.5 Å². The van der Waals surface area contributed by atoms with E-state index in [0.717, 1.165) is 18.1 Å². The van der Waals surface area contributed by atoms with E-state index < -0.39 is 0 Å². The Morgan fingerprint density at radius 1 is 1.50 bits per heavy atom. The minimum absolute atomic E-state index is 0.678. The van der Waals surface area contributed by atoms with Crippen molar-refractivity contribution in [1.82, 2.24) is 20.1 Å². The molecule has 14 heavy (non-hydrogen) atoms. The van der Waals surface area contributed by atoms with E-state index in [-0.39, 0.29) is 0 Å². The predicted molar refractivity (Wildman–Crippen MR) is 56.5 cm³/mol. The molecule has 1 aliphatic rings. The fourth-order valence-corrected chi connectivity index (χ4v) is 2.12. The zero-order valence-electron chi connectivity index (χ0n) is 8.07. The Kier molecular flexibility index (Phi) is 3.64.